The average molecular weight is 289 g/mol. The highest BCUT2D eigenvalue weighted by Gasteiger charge is 2.20. The summed E-state index contributed by atoms with van der Waals surface area (Å²) in [5, 5.41) is 14.8. The number of halogens is 3. The Labute approximate surface area is 114 Å². The van der Waals surface area contributed by atoms with E-state index in [0.717, 1.165) is 0 Å². The van der Waals surface area contributed by atoms with Gasteiger partial charge in [0.05, 0.1) is 16.9 Å². The first-order valence-electron chi connectivity index (χ1n) is 5.38. The first-order chi connectivity index (χ1) is 8.52. The van der Waals surface area contributed by atoms with Crippen LogP contribution >= 0.6 is 23.2 Å². The average Bonchev–Trinajstić information content (AvgIpc) is 2.68. The van der Waals surface area contributed by atoms with Gasteiger partial charge in [-0.1, -0.05) is 23.2 Å². The zero-order valence-corrected chi connectivity index (χ0v) is 11.1. The van der Waals surface area contributed by atoms with Gasteiger partial charge in [-0.25, -0.2) is 4.39 Å². The molecule has 0 amide bonds. The van der Waals surface area contributed by atoms with Crippen LogP contribution in [0, 0.1) is 5.82 Å². The maximum Gasteiger partial charge on any atom is 0.125 e. The molecule has 0 aliphatic rings. The number of hydrogen-bond acceptors (Lipinski definition) is 2. The molecule has 6 heteroatoms. The lowest BCUT2D eigenvalue weighted by molar-refractivity contribution is 0.207. The van der Waals surface area contributed by atoms with Crippen molar-refractivity contribution < 1.29 is 9.50 Å². The molecule has 1 heterocycles. The molecule has 96 valence electrons. The topological polar surface area (TPSA) is 38.0 Å². The minimum Gasteiger partial charge on any atom is -0.382 e. The van der Waals surface area contributed by atoms with Crippen molar-refractivity contribution in [3.8, 4) is 0 Å². The Balaban J connectivity index is 2.47. The van der Waals surface area contributed by atoms with Crippen LogP contribution in [0.1, 0.15) is 24.3 Å². The van der Waals surface area contributed by atoms with Crippen molar-refractivity contribution in [2.75, 3.05) is 0 Å². The number of rotatable bonds is 3. The zero-order chi connectivity index (χ0) is 13.3. The van der Waals surface area contributed by atoms with Crippen molar-refractivity contribution in [1.82, 2.24) is 9.78 Å². The minimum atomic E-state index is -1.06. The van der Waals surface area contributed by atoms with E-state index in [1.165, 1.54) is 24.4 Å². The summed E-state index contributed by atoms with van der Waals surface area (Å²) in [6, 6.07) is 3.90. The maximum absolute atomic E-state index is 13.3. The van der Waals surface area contributed by atoms with Gasteiger partial charge in [-0.3, -0.25) is 4.68 Å². The van der Waals surface area contributed by atoms with Crippen molar-refractivity contribution in [2.24, 2.45) is 0 Å². The predicted molar refractivity (Wildman–Crippen MR) is 68.4 cm³/mol. The van der Waals surface area contributed by atoms with Crippen LogP contribution in [0.4, 0.5) is 4.39 Å². The van der Waals surface area contributed by atoms with Crippen molar-refractivity contribution in [3.63, 3.8) is 0 Å². The maximum atomic E-state index is 13.3. The molecule has 0 fully saturated rings. The van der Waals surface area contributed by atoms with Crippen molar-refractivity contribution >= 4 is 23.2 Å². The van der Waals surface area contributed by atoms with Gasteiger partial charge < -0.3 is 5.11 Å². The first kappa shape index (κ1) is 13.3. The molecule has 1 aromatic heterocycles. The van der Waals surface area contributed by atoms with Gasteiger partial charge in [0.1, 0.15) is 11.9 Å². The molecule has 2 rings (SSSR count). The highest BCUT2D eigenvalue weighted by molar-refractivity contribution is 6.31. The number of aryl methyl sites for hydroxylation is 1. The number of aromatic nitrogens is 2. The number of benzene rings is 1. The van der Waals surface area contributed by atoms with Crippen LogP contribution < -0.4 is 0 Å². The lowest BCUT2D eigenvalue weighted by Crippen LogP contribution is -2.09. The molecule has 1 N–H and O–H groups in total. The largest absolute Gasteiger partial charge is 0.382 e. The van der Waals surface area contributed by atoms with E-state index in [1.807, 2.05) is 6.92 Å². The summed E-state index contributed by atoms with van der Waals surface area (Å²) in [5.41, 5.74) is 0.776. The molecule has 0 spiro atoms. The van der Waals surface area contributed by atoms with Crippen LogP contribution in [-0.4, -0.2) is 14.9 Å². The van der Waals surface area contributed by atoms with Crippen LogP contribution in [-0.2, 0) is 6.54 Å². The minimum absolute atomic E-state index is 0.225. The zero-order valence-electron chi connectivity index (χ0n) is 9.57. The second-order valence-corrected chi connectivity index (χ2v) is 4.64. The fraction of sp³-hybridized carbons (Fsp3) is 0.250. The van der Waals surface area contributed by atoms with Gasteiger partial charge in [-0.2, -0.15) is 5.10 Å². The van der Waals surface area contributed by atoms with Crippen LogP contribution in [0.25, 0.3) is 0 Å². The third-order valence-electron chi connectivity index (χ3n) is 2.59. The summed E-state index contributed by atoms with van der Waals surface area (Å²) in [4.78, 5) is 0. The van der Waals surface area contributed by atoms with E-state index in [9.17, 15) is 9.50 Å². The highest BCUT2D eigenvalue weighted by atomic mass is 35.5. The second kappa shape index (κ2) is 5.26. The highest BCUT2D eigenvalue weighted by Crippen LogP contribution is 2.30. The Morgan fingerprint density at radius 1 is 1.39 bits per heavy atom. The summed E-state index contributed by atoms with van der Waals surface area (Å²) < 4.78 is 14.8. The smallest absolute Gasteiger partial charge is 0.125 e. The Bertz CT molecular complexity index is 551. The van der Waals surface area contributed by atoms with Gasteiger partial charge in [0.25, 0.3) is 0 Å². The molecule has 1 aromatic carbocycles. The fourth-order valence-corrected chi connectivity index (χ4v) is 2.26. The van der Waals surface area contributed by atoms with Crippen molar-refractivity contribution in [2.45, 2.75) is 19.6 Å². The molecule has 0 radical (unpaired) electrons. The van der Waals surface area contributed by atoms with Gasteiger partial charge >= 0.3 is 0 Å². The summed E-state index contributed by atoms with van der Waals surface area (Å²) in [6.45, 7) is 2.43. The van der Waals surface area contributed by atoms with E-state index < -0.39 is 11.9 Å². The number of nitrogens with zero attached hydrogens (tertiary/aromatic N) is 2. The van der Waals surface area contributed by atoms with Crippen LogP contribution in [0.2, 0.25) is 10.0 Å². The Morgan fingerprint density at radius 2 is 2.11 bits per heavy atom. The fourth-order valence-electron chi connectivity index (χ4n) is 1.79. The normalized spacial score (nSPS) is 12.7. The Hall–Kier alpha value is -1.10. The molecule has 0 saturated carbocycles. The SMILES string of the molecule is CCn1ncc(Cl)c1C(O)c1cc(F)cc(Cl)c1. The number of hydrogen-bond donors (Lipinski definition) is 1. The molecule has 1 unspecified atom stereocenters. The van der Waals surface area contributed by atoms with Crippen LogP contribution in [0.5, 0.6) is 0 Å². The third-order valence-corrected chi connectivity index (χ3v) is 3.10. The van der Waals surface area contributed by atoms with E-state index in [1.54, 1.807) is 4.68 Å². The molecule has 1 atom stereocenters. The molecule has 0 aliphatic carbocycles. The third kappa shape index (κ3) is 2.51. The van der Waals surface area contributed by atoms with Gasteiger partial charge in [0.15, 0.2) is 0 Å². The summed E-state index contributed by atoms with van der Waals surface area (Å²) in [6.07, 6.45) is 0.387. The molecule has 3 nitrogen and oxygen atoms in total. The number of aliphatic hydroxyl groups is 1. The molecule has 0 aliphatic heterocycles. The standard InChI is InChI=1S/C12H11Cl2FN2O/c1-2-17-11(10(14)6-16-17)12(18)7-3-8(13)5-9(15)4-7/h3-6,12,18H,2H2,1H3. The molecule has 2 aromatic rings. The number of aliphatic hydroxyl groups excluding tert-OH is 1. The van der Waals surface area contributed by atoms with E-state index in [2.05, 4.69) is 5.10 Å². The molecule has 0 bridgehead atoms. The van der Waals surface area contributed by atoms with Gasteiger partial charge in [-0.05, 0) is 30.7 Å². The van der Waals surface area contributed by atoms with Crippen molar-refractivity contribution in [1.29, 1.82) is 0 Å². The molecular weight excluding hydrogens is 278 g/mol. The molecule has 0 saturated heterocycles. The second-order valence-electron chi connectivity index (χ2n) is 3.80. The van der Waals surface area contributed by atoms with Crippen LogP contribution in [0.15, 0.2) is 24.4 Å². The quantitative estimate of drug-likeness (QED) is 0.940. The lowest BCUT2D eigenvalue weighted by atomic mass is 10.1. The van der Waals surface area contributed by atoms with Crippen molar-refractivity contribution in [3.05, 3.63) is 51.5 Å². The molecular formula is C12H11Cl2FN2O. The summed E-state index contributed by atoms with van der Waals surface area (Å²) in [7, 11) is 0. The lowest BCUT2D eigenvalue weighted by Gasteiger charge is -2.14. The van der Waals surface area contributed by atoms with Gasteiger partial charge in [-0.15, -0.1) is 0 Å². The monoisotopic (exact) mass is 288 g/mol. The Morgan fingerprint density at radius 3 is 2.72 bits per heavy atom. The van der Waals surface area contributed by atoms with Crippen LogP contribution in [0.3, 0.4) is 0 Å². The van der Waals surface area contributed by atoms with E-state index in [-0.39, 0.29) is 5.02 Å². The van der Waals surface area contributed by atoms with Gasteiger partial charge in [0, 0.05) is 11.6 Å². The van der Waals surface area contributed by atoms with E-state index >= 15 is 0 Å². The van der Waals surface area contributed by atoms with E-state index in [0.29, 0.717) is 22.8 Å². The van der Waals surface area contributed by atoms with Gasteiger partial charge in [0.2, 0.25) is 0 Å². The molecule has 18 heavy (non-hydrogen) atoms. The summed E-state index contributed by atoms with van der Waals surface area (Å²) in [5.74, 6) is -0.504. The first-order valence-corrected chi connectivity index (χ1v) is 6.13. The van der Waals surface area contributed by atoms with E-state index in [4.69, 9.17) is 23.2 Å². The Kier molecular flexibility index (Phi) is 3.90. The predicted octanol–water partition coefficient (Wildman–Crippen LogP) is 3.43. The summed E-state index contributed by atoms with van der Waals surface area (Å²) >= 11 is 11.7.